The summed E-state index contributed by atoms with van der Waals surface area (Å²) in [5, 5.41) is 12.2. The van der Waals surface area contributed by atoms with Crippen molar-refractivity contribution in [1.82, 2.24) is 5.32 Å². The van der Waals surface area contributed by atoms with E-state index >= 15 is 0 Å². The van der Waals surface area contributed by atoms with Crippen LogP contribution in [0.4, 0.5) is 15.3 Å². The Kier molecular flexibility index (Phi) is 6.96. The number of anilines is 1. The van der Waals surface area contributed by atoms with Crippen LogP contribution >= 0.6 is 0 Å². The molecule has 0 radical (unpaired) electrons. The molecule has 1 aliphatic carbocycles. The number of hydrogen-bond donors (Lipinski definition) is 2. The smallest absolute Gasteiger partial charge is 0.417 e. The second kappa shape index (κ2) is 10.1. The standard InChI is InChI=1S/C28H28N2O6/c1-28(2,3)36-27(34)30(18-11-5-4-6-12-18)24(25(31)32)29-26(33)35-17-23-21-15-9-7-13-19(21)20-14-8-10-16-22(20)23/h4-16,23-24H,17H2,1-3H3,(H,29,33)(H,31,32). The van der Waals surface area contributed by atoms with E-state index < -0.39 is 29.9 Å². The monoisotopic (exact) mass is 488 g/mol. The lowest BCUT2D eigenvalue weighted by atomic mass is 9.98. The number of nitrogens with zero attached hydrogens (tertiary/aromatic N) is 1. The summed E-state index contributed by atoms with van der Waals surface area (Å²) in [7, 11) is 0. The Morgan fingerprint density at radius 3 is 1.94 bits per heavy atom. The number of carbonyl (C=O) groups excluding carboxylic acids is 2. The van der Waals surface area contributed by atoms with Crippen molar-refractivity contribution in [2.45, 2.75) is 38.5 Å². The van der Waals surface area contributed by atoms with Crippen molar-refractivity contribution in [3.05, 3.63) is 90.0 Å². The van der Waals surface area contributed by atoms with Gasteiger partial charge in [-0.2, -0.15) is 0 Å². The average molecular weight is 489 g/mol. The zero-order valence-corrected chi connectivity index (χ0v) is 20.3. The third-order valence-corrected chi connectivity index (χ3v) is 5.71. The fraction of sp³-hybridized carbons (Fsp3) is 0.250. The van der Waals surface area contributed by atoms with Crippen LogP contribution in [0.25, 0.3) is 11.1 Å². The predicted molar refractivity (Wildman–Crippen MR) is 135 cm³/mol. The van der Waals surface area contributed by atoms with Gasteiger partial charge in [-0.05, 0) is 55.2 Å². The molecule has 36 heavy (non-hydrogen) atoms. The predicted octanol–water partition coefficient (Wildman–Crippen LogP) is 5.38. The topological polar surface area (TPSA) is 105 Å². The summed E-state index contributed by atoms with van der Waals surface area (Å²) in [5.74, 6) is -1.64. The molecule has 1 unspecified atom stereocenters. The van der Waals surface area contributed by atoms with Gasteiger partial charge in [0.15, 0.2) is 0 Å². The highest BCUT2D eigenvalue weighted by Gasteiger charge is 2.36. The first-order chi connectivity index (χ1) is 17.2. The normalized spacial score (nSPS) is 13.2. The number of ether oxygens (including phenoxy) is 2. The van der Waals surface area contributed by atoms with Gasteiger partial charge in [0.1, 0.15) is 12.2 Å². The van der Waals surface area contributed by atoms with Crippen molar-refractivity contribution in [3.8, 4) is 11.1 Å². The van der Waals surface area contributed by atoms with E-state index in [4.69, 9.17) is 9.47 Å². The summed E-state index contributed by atoms with van der Waals surface area (Å²) in [6, 6.07) is 23.9. The van der Waals surface area contributed by atoms with Gasteiger partial charge in [0.25, 0.3) is 0 Å². The number of fused-ring (bicyclic) bond motifs is 3. The molecule has 0 saturated heterocycles. The van der Waals surface area contributed by atoms with E-state index in [0.717, 1.165) is 27.2 Å². The number of benzene rings is 3. The van der Waals surface area contributed by atoms with Crippen molar-refractivity contribution >= 4 is 23.8 Å². The molecule has 0 spiro atoms. The highest BCUT2D eigenvalue weighted by atomic mass is 16.6. The lowest BCUT2D eigenvalue weighted by Gasteiger charge is -2.31. The summed E-state index contributed by atoms with van der Waals surface area (Å²) in [6.07, 6.45) is -3.63. The Labute approximate surface area is 209 Å². The number of amides is 2. The number of carboxylic acids is 1. The maximum absolute atomic E-state index is 13.0. The molecule has 8 nitrogen and oxygen atoms in total. The highest BCUT2D eigenvalue weighted by Crippen LogP contribution is 2.44. The van der Waals surface area contributed by atoms with Gasteiger partial charge in [-0.25, -0.2) is 19.3 Å². The van der Waals surface area contributed by atoms with Crippen LogP contribution in [0, 0.1) is 0 Å². The number of hydrogen-bond acceptors (Lipinski definition) is 5. The molecule has 0 aliphatic heterocycles. The van der Waals surface area contributed by atoms with Gasteiger partial charge in [0.05, 0.1) is 0 Å². The lowest BCUT2D eigenvalue weighted by Crippen LogP contribution is -2.56. The first kappa shape index (κ1) is 24.8. The number of carbonyl (C=O) groups is 3. The fourth-order valence-electron chi connectivity index (χ4n) is 4.25. The molecular formula is C28H28N2O6. The highest BCUT2D eigenvalue weighted by molar-refractivity contribution is 5.96. The first-order valence-corrected chi connectivity index (χ1v) is 11.6. The summed E-state index contributed by atoms with van der Waals surface area (Å²) in [4.78, 5) is 38.9. The zero-order chi connectivity index (χ0) is 25.9. The van der Waals surface area contributed by atoms with E-state index in [0.29, 0.717) is 0 Å². The van der Waals surface area contributed by atoms with E-state index in [2.05, 4.69) is 5.32 Å². The number of nitrogens with one attached hydrogen (secondary N) is 1. The van der Waals surface area contributed by atoms with Gasteiger partial charge in [0.2, 0.25) is 6.17 Å². The van der Waals surface area contributed by atoms with Gasteiger partial charge < -0.3 is 14.6 Å². The summed E-state index contributed by atoms with van der Waals surface area (Å²) < 4.78 is 10.9. The van der Waals surface area contributed by atoms with Gasteiger partial charge in [-0.3, -0.25) is 5.32 Å². The molecule has 8 heteroatoms. The van der Waals surface area contributed by atoms with E-state index in [1.807, 2.05) is 48.5 Å². The van der Waals surface area contributed by atoms with Crippen LogP contribution < -0.4 is 10.2 Å². The van der Waals surface area contributed by atoms with Crippen LogP contribution in [0.15, 0.2) is 78.9 Å². The van der Waals surface area contributed by atoms with Gasteiger partial charge in [-0.1, -0.05) is 66.7 Å². The lowest BCUT2D eigenvalue weighted by molar-refractivity contribution is -0.139. The van der Waals surface area contributed by atoms with Crippen molar-refractivity contribution in [2.75, 3.05) is 11.5 Å². The maximum atomic E-state index is 13.0. The molecule has 186 valence electrons. The van der Waals surface area contributed by atoms with E-state index in [1.54, 1.807) is 51.1 Å². The minimum Gasteiger partial charge on any atom is -0.478 e. The number of aliphatic carboxylic acids is 1. The SMILES string of the molecule is CC(C)(C)OC(=O)N(c1ccccc1)C(NC(=O)OCC1c2ccccc2-c2ccccc21)C(=O)O. The van der Waals surface area contributed by atoms with E-state index in [9.17, 15) is 19.5 Å². The molecule has 1 atom stereocenters. The average Bonchev–Trinajstić information content (AvgIpc) is 3.15. The molecule has 3 aromatic carbocycles. The maximum Gasteiger partial charge on any atom is 0.417 e. The van der Waals surface area contributed by atoms with Crippen LogP contribution in [-0.2, 0) is 14.3 Å². The van der Waals surface area contributed by atoms with Crippen LogP contribution in [0.1, 0.15) is 37.8 Å². The molecule has 4 rings (SSSR count). The van der Waals surface area contributed by atoms with Gasteiger partial charge in [-0.15, -0.1) is 0 Å². The molecular weight excluding hydrogens is 460 g/mol. The van der Waals surface area contributed by atoms with Crippen LogP contribution in [-0.4, -0.2) is 41.6 Å². The Morgan fingerprint density at radius 2 is 1.42 bits per heavy atom. The molecule has 0 bridgehead atoms. The number of alkyl carbamates (subject to hydrolysis) is 1. The zero-order valence-electron chi connectivity index (χ0n) is 20.3. The Balaban J connectivity index is 1.53. The fourth-order valence-corrected chi connectivity index (χ4v) is 4.25. The van der Waals surface area contributed by atoms with E-state index in [-0.39, 0.29) is 18.2 Å². The third-order valence-electron chi connectivity index (χ3n) is 5.71. The largest absolute Gasteiger partial charge is 0.478 e. The molecule has 0 aromatic heterocycles. The van der Waals surface area contributed by atoms with Crippen LogP contribution in [0.3, 0.4) is 0 Å². The molecule has 1 aliphatic rings. The molecule has 0 fully saturated rings. The van der Waals surface area contributed by atoms with Crippen molar-refractivity contribution < 1.29 is 29.0 Å². The number of rotatable bonds is 6. The summed E-state index contributed by atoms with van der Waals surface area (Å²) in [5.41, 5.74) is 3.58. The van der Waals surface area contributed by atoms with E-state index in [1.165, 1.54) is 0 Å². The summed E-state index contributed by atoms with van der Waals surface area (Å²) in [6.45, 7) is 5.01. The molecule has 2 amide bonds. The second-order valence-electron chi connectivity index (χ2n) is 9.40. The molecule has 0 heterocycles. The van der Waals surface area contributed by atoms with Gasteiger partial charge >= 0.3 is 18.2 Å². The van der Waals surface area contributed by atoms with Gasteiger partial charge in [0, 0.05) is 11.6 Å². The molecule has 0 saturated carbocycles. The first-order valence-electron chi connectivity index (χ1n) is 11.6. The minimum absolute atomic E-state index is 0.00394. The molecule has 2 N–H and O–H groups in total. The third kappa shape index (κ3) is 5.33. The number of para-hydroxylation sites is 1. The van der Waals surface area contributed by atoms with Crippen LogP contribution in [0.5, 0.6) is 0 Å². The van der Waals surface area contributed by atoms with Crippen molar-refractivity contribution in [2.24, 2.45) is 0 Å². The van der Waals surface area contributed by atoms with Crippen molar-refractivity contribution in [3.63, 3.8) is 0 Å². The Hall–Kier alpha value is -4.33. The Bertz CT molecular complexity index is 1220. The quantitative estimate of drug-likeness (QED) is 0.452. The van der Waals surface area contributed by atoms with Crippen LogP contribution in [0.2, 0.25) is 0 Å². The van der Waals surface area contributed by atoms with Crippen molar-refractivity contribution in [1.29, 1.82) is 0 Å². The second-order valence-corrected chi connectivity index (χ2v) is 9.40. The Morgan fingerprint density at radius 1 is 0.889 bits per heavy atom. The molecule has 3 aromatic rings. The minimum atomic E-state index is -1.75. The summed E-state index contributed by atoms with van der Waals surface area (Å²) >= 11 is 0. The number of carboxylic acid groups (broad SMARTS) is 1.